The lowest BCUT2D eigenvalue weighted by molar-refractivity contribution is 0.259. The van der Waals surface area contributed by atoms with Gasteiger partial charge in [0.1, 0.15) is 0 Å². The van der Waals surface area contributed by atoms with Gasteiger partial charge in [0.25, 0.3) is 0 Å². The Morgan fingerprint density at radius 3 is 1.38 bits per heavy atom. The van der Waals surface area contributed by atoms with Gasteiger partial charge in [-0.2, -0.15) is 0 Å². The van der Waals surface area contributed by atoms with E-state index in [9.17, 15) is 0 Å². The summed E-state index contributed by atoms with van der Waals surface area (Å²) in [4.78, 5) is 0. The summed E-state index contributed by atoms with van der Waals surface area (Å²) in [7, 11) is 0. The van der Waals surface area contributed by atoms with Gasteiger partial charge in [0.2, 0.25) is 0 Å². The second-order valence-electron chi connectivity index (χ2n) is 5.65. The molecule has 72 valence electrons. The summed E-state index contributed by atoms with van der Waals surface area (Å²) in [5.74, 6) is 0. The zero-order valence-corrected chi connectivity index (χ0v) is 8.52. The minimum atomic E-state index is 0.685. The van der Waals surface area contributed by atoms with Crippen LogP contribution in [0.5, 0.6) is 0 Å². The Bertz CT molecular complexity index is 200. The molecule has 2 saturated carbocycles. The molecular formula is C13H20. The molecule has 0 N–H and O–H groups in total. The molecule has 3 aliphatic carbocycles. The normalized spacial score (nSPS) is 33.8. The van der Waals surface area contributed by atoms with Crippen LogP contribution in [0.3, 0.4) is 0 Å². The smallest absolute Gasteiger partial charge is 0.0110 e. The largest absolute Gasteiger partial charge is 0.0817 e. The molecule has 13 heavy (non-hydrogen) atoms. The zero-order chi connectivity index (χ0) is 8.78. The van der Waals surface area contributed by atoms with Gasteiger partial charge in [0, 0.05) is 0 Å². The maximum atomic E-state index is 2.60. The fraction of sp³-hybridized carbons (Fsp3) is 0.846. The van der Waals surface area contributed by atoms with Crippen molar-refractivity contribution in [2.45, 2.75) is 57.8 Å². The lowest BCUT2D eigenvalue weighted by Gasteiger charge is -2.28. The molecule has 2 fully saturated rings. The highest BCUT2D eigenvalue weighted by Crippen LogP contribution is 2.58. The standard InChI is InChI=1S/C13H20/c1-2-6-12(5-1)9-10-13(11-12)7-3-4-8-13/h9-10H,1-8,11H2. The summed E-state index contributed by atoms with van der Waals surface area (Å²) < 4.78 is 0. The molecule has 0 nitrogen and oxygen atoms in total. The third-order valence-electron chi connectivity index (χ3n) is 4.69. The van der Waals surface area contributed by atoms with Gasteiger partial charge in [0.15, 0.2) is 0 Å². The summed E-state index contributed by atoms with van der Waals surface area (Å²) in [6, 6.07) is 0. The van der Waals surface area contributed by atoms with Gasteiger partial charge in [-0.15, -0.1) is 0 Å². The molecule has 0 atom stereocenters. The summed E-state index contributed by atoms with van der Waals surface area (Å²) in [6.45, 7) is 0. The molecule has 0 saturated heterocycles. The Hall–Kier alpha value is -0.260. The molecule has 0 aromatic carbocycles. The summed E-state index contributed by atoms with van der Waals surface area (Å²) in [5.41, 5.74) is 1.37. The van der Waals surface area contributed by atoms with Gasteiger partial charge in [-0.3, -0.25) is 0 Å². The molecule has 3 aliphatic rings. The van der Waals surface area contributed by atoms with Crippen LogP contribution in [0.1, 0.15) is 57.8 Å². The van der Waals surface area contributed by atoms with E-state index in [0.717, 1.165) is 0 Å². The van der Waals surface area contributed by atoms with E-state index in [2.05, 4.69) is 12.2 Å². The Kier molecular flexibility index (Phi) is 1.63. The maximum absolute atomic E-state index is 2.60. The van der Waals surface area contributed by atoms with Crippen LogP contribution >= 0.6 is 0 Å². The lowest BCUT2D eigenvalue weighted by Crippen LogP contribution is -2.18. The molecule has 0 aromatic rings. The minimum Gasteiger partial charge on any atom is -0.0817 e. The van der Waals surface area contributed by atoms with Crippen molar-refractivity contribution >= 4 is 0 Å². The first kappa shape index (κ1) is 8.08. The van der Waals surface area contributed by atoms with Crippen molar-refractivity contribution in [3.63, 3.8) is 0 Å². The van der Waals surface area contributed by atoms with Crippen molar-refractivity contribution in [2.75, 3.05) is 0 Å². The van der Waals surface area contributed by atoms with Crippen LogP contribution in [0.15, 0.2) is 12.2 Å². The van der Waals surface area contributed by atoms with Crippen LogP contribution in [-0.4, -0.2) is 0 Å². The van der Waals surface area contributed by atoms with Gasteiger partial charge in [0.05, 0.1) is 0 Å². The first-order valence-corrected chi connectivity index (χ1v) is 6.03. The topological polar surface area (TPSA) is 0 Å². The Balaban J connectivity index is 1.81. The first-order chi connectivity index (χ1) is 6.33. The van der Waals surface area contributed by atoms with E-state index in [4.69, 9.17) is 0 Å². The number of rotatable bonds is 0. The number of allylic oxidation sites excluding steroid dienone is 2. The zero-order valence-electron chi connectivity index (χ0n) is 8.52. The van der Waals surface area contributed by atoms with E-state index in [1.54, 1.807) is 0 Å². The fourth-order valence-corrected chi connectivity index (χ4v) is 4.02. The van der Waals surface area contributed by atoms with E-state index >= 15 is 0 Å². The Morgan fingerprint density at radius 2 is 1.00 bits per heavy atom. The first-order valence-electron chi connectivity index (χ1n) is 6.03. The van der Waals surface area contributed by atoms with Crippen LogP contribution in [0.2, 0.25) is 0 Å². The predicted molar refractivity (Wildman–Crippen MR) is 55.6 cm³/mol. The molecule has 3 rings (SSSR count). The highest BCUT2D eigenvalue weighted by atomic mass is 14.5. The van der Waals surface area contributed by atoms with Gasteiger partial charge >= 0.3 is 0 Å². The van der Waals surface area contributed by atoms with E-state index in [0.29, 0.717) is 10.8 Å². The summed E-state index contributed by atoms with van der Waals surface area (Å²) in [6.07, 6.45) is 18.6. The van der Waals surface area contributed by atoms with Crippen LogP contribution in [-0.2, 0) is 0 Å². The highest BCUT2D eigenvalue weighted by Gasteiger charge is 2.45. The number of hydrogen-bond acceptors (Lipinski definition) is 0. The maximum Gasteiger partial charge on any atom is -0.0110 e. The molecule has 0 unspecified atom stereocenters. The molecule has 0 heterocycles. The Labute approximate surface area is 81.4 Å². The van der Waals surface area contributed by atoms with Gasteiger partial charge in [-0.05, 0) is 42.9 Å². The number of hydrogen-bond donors (Lipinski definition) is 0. The van der Waals surface area contributed by atoms with Crippen molar-refractivity contribution in [2.24, 2.45) is 10.8 Å². The molecule has 0 amide bonds. The van der Waals surface area contributed by atoms with Crippen LogP contribution in [0.4, 0.5) is 0 Å². The average Bonchev–Trinajstić information content (AvgIpc) is 2.81. The average molecular weight is 176 g/mol. The molecule has 0 bridgehead atoms. The van der Waals surface area contributed by atoms with Gasteiger partial charge in [-0.25, -0.2) is 0 Å². The van der Waals surface area contributed by atoms with Crippen molar-refractivity contribution in [3.8, 4) is 0 Å². The Morgan fingerprint density at radius 1 is 0.615 bits per heavy atom. The SMILES string of the molecule is C1=CC2(CCCC2)CC12CCCC2. The van der Waals surface area contributed by atoms with Gasteiger partial charge in [-0.1, -0.05) is 37.8 Å². The molecular weight excluding hydrogens is 156 g/mol. The van der Waals surface area contributed by atoms with E-state index < -0.39 is 0 Å². The van der Waals surface area contributed by atoms with Crippen molar-refractivity contribution in [1.82, 2.24) is 0 Å². The monoisotopic (exact) mass is 176 g/mol. The van der Waals surface area contributed by atoms with E-state index in [-0.39, 0.29) is 0 Å². The van der Waals surface area contributed by atoms with Crippen molar-refractivity contribution < 1.29 is 0 Å². The second kappa shape index (κ2) is 2.62. The van der Waals surface area contributed by atoms with Crippen molar-refractivity contribution in [1.29, 1.82) is 0 Å². The molecule has 0 heteroatoms. The molecule has 0 radical (unpaired) electrons. The third kappa shape index (κ3) is 1.18. The highest BCUT2D eigenvalue weighted by molar-refractivity contribution is 5.19. The van der Waals surface area contributed by atoms with Crippen molar-refractivity contribution in [3.05, 3.63) is 12.2 Å². The lowest BCUT2D eigenvalue weighted by atomic mass is 9.76. The quantitative estimate of drug-likeness (QED) is 0.488. The summed E-state index contributed by atoms with van der Waals surface area (Å²) in [5, 5.41) is 0. The molecule has 0 aliphatic heterocycles. The summed E-state index contributed by atoms with van der Waals surface area (Å²) >= 11 is 0. The second-order valence-corrected chi connectivity index (χ2v) is 5.65. The van der Waals surface area contributed by atoms with Gasteiger partial charge < -0.3 is 0 Å². The fourth-order valence-electron chi connectivity index (χ4n) is 4.02. The van der Waals surface area contributed by atoms with Crippen LogP contribution in [0.25, 0.3) is 0 Å². The minimum absolute atomic E-state index is 0.685. The third-order valence-corrected chi connectivity index (χ3v) is 4.69. The van der Waals surface area contributed by atoms with Crippen LogP contribution in [0, 0.1) is 10.8 Å². The predicted octanol–water partition coefficient (Wildman–Crippen LogP) is 4.07. The molecule has 2 spiro atoms. The molecule has 0 aromatic heterocycles. The van der Waals surface area contributed by atoms with E-state index in [1.165, 1.54) is 57.8 Å². The van der Waals surface area contributed by atoms with E-state index in [1.807, 2.05) is 0 Å². The van der Waals surface area contributed by atoms with Crippen LogP contribution < -0.4 is 0 Å².